The maximum absolute atomic E-state index is 9.25. The lowest BCUT2D eigenvalue weighted by atomic mass is 10.2. The smallest absolute Gasteiger partial charge is 0.0558 e. The molecule has 1 N–H and O–H groups in total. The molecule has 19 heavy (non-hydrogen) atoms. The second-order valence-electron chi connectivity index (χ2n) is 5.56. The van der Waals surface area contributed by atoms with E-state index < -0.39 is 0 Å². The molecule has 1 fully saturated rings. The average Bonchev–Trinajstić information content (AvgIpc) is 3.01. The molecule has 4 heteroatoms. The fraction of sp³-hybridized carbons (Fsp3) is 0.733. The molecule has 0 bridgehead atoms. The minimum absolute atomic E-state index is 0.247. The molecule has 1 aromatic heterocycles. The first-order valence-corrected chi connectivity index (χ1v) is 8.13. The maximum Gasteiger partial charge on any atom is 0.0558 e. The zero-order chi connectivity index (χ0) is 13.7. The van der Waals surface area contributed by atoms with E-state index in [2.05, 4.69) is 35.8 Å². The third-order valence-corrected chi connectivity index (χ3v) is 4.86. The Morgan fingerprint density at radius 2 is 2.11 bits per heavy atom. The van der Waals surface area contributed by atoms with Crippen molar-refractivity contribution < 1.29 is 5.11 Å². The summed E-state index contributed by atoms with van der Waals surface area (Å²) in [6.07, 6.45) is 2.68. The van der Waals surface area contributed by atoms with Gasteiger partial charge in [0.05, 0.1) is 6.61 Å². The van der Waals surface area contributed by atoms with Crippen molar-refractivity contribution in [1.82, 2.24) is 9.80 Å². The molecule has 0 saturated carbocycles. The molecular formula is C15H26N2OS. The van der Waals surface area contributed by atoms with Crippen molar-refractivity contribution in [2.24, 2.45) is 0 Å². The molecular weight excluding hydrogens is 256 g/mol. The van der Waals surface area contributed by atoms with E-state index in [4.69, 9.17) is 0 Å². The van der Waals surface area contributed by atoms with E-state index in [-0.39, 0.29) is 6.61 Å². The summed E-state index contributed by atoms with van der Waals surface area (Å²) in [5, 5.41) is 9.25. The molecule has 1 unspecified atom stereocenters. The van der Waals surface area contributed by atoms with Gasteiger partial charge in [-0.1, -0.05) is 0 Å². The molecule has 0 aliphatic carbocycles. The van der Waals surface area contributed by atoms with Gasteiger partial charge in [0.2, 0.25) is 0 Å². The molecule has 0 radical (unpaired) electrons. The number of rotatable bonds is 7. The average molecular weight is 282 g/mol. The summed E-state index contributed by atoms with van der Waals surface area (Å²) < 4.78 is 0. The van der Waals surface area contributed by atoms with Crippen LogP contribution >= 0.6 is 11.3 Å². The van der Waals surface area contributed by atoms with Crippen LogP contribution in [0, 0.1) is 6.92 Å². The predicted octanol–water partition coefficient (Wildman–Crippen LogP) is 2.34. The topological polar surface area (TPSA) is 26.7 Å². The molecule has 1 atom stereocenters. The highest BCUT2D eigenvalue weighted by molar-refractivity contribution is 7.11. The number of aliphatic hydroxyl groups is 1. The number of likely N-dealkylation sites (tertiary alicyclic amines) is 1. The van der Waals surface area contributed by atoms with Gasteiger partial charge in [0.15, 0.2) is 0 Å². The second kappa shape index (κ2) is 7.39. The van der Waals surface area contributed by atoms with Crippen molar-refractivity contribution in [3.05, 3.63) is 21.9 Å². The Labute approximate surface area is 120 Å². The summed E-state index contributed by atoms with van der Waals surface area (Å²) in [6, 6.07) is 4.99. The minimum atomic E-state index is 0.247. The molecule has 0 amide bonds. The van der Waals surface area contributed by atoms with Crippen molar-refractivity contribution in [2.45, 2.75) is 39.3 Å². The molecule has 1 saturated heterocycles. The molecule has 1 aromatic rings. The van der Waals surface area contributed by atoms with Crippen LogP contribution in [-0.4, -0.2) is 53.7 Å². The van der Waals surface area contributed by atoms with E-state index in [9.17, 15) is 5.11 Å². The first kappa shape index (κ1) is 15.0. The van der Waals surface area contributed by atoms with Gasteiger partial charge in [-0.05, 0) is 51.9 Å². The van der Waals surface area contributed by atoms with Gasteiger partial charge >= 0.3 is 0 Å². The summed E-state index contributed by atoms with van der Waals surface area (Å²) in [6.45, 7) is 9.99. The highest BCUT2D eigenvalue weighted by Crippen LogP contribution is 2.18. The Bertz CT molecular complexity index is 374. The van der Waals surface area contributed by atoms with Gasteiger partial charge in [0.25, 0.3) is 0 Å². The molecule has 1 aliphatic rings. The van der Waals surface area contributed by atoms with Crippen LogP contribution in [0.25, 0.3) is 0 Å². The molecule has 108 valence electrons. The number of thiophene rings is 1. The summed E-state index contributed by atoms with van der Waals surface area (Å²) in [5.41, 5.74) is 0. The highest BCUT2D eigenvalue weighted by Gasteiger charge is 2.20. The summed E-state index contributed by atoms with van der Waals surface area (Å²) in [7, 11) is 0. The largest absolute Gasteiger partial charge is 0.395 e. The van der Waals surface area contributed by atoms with Crippen LogP contribution in [0.1, 0.15) is 29.5 Å². The molecule has 1 aliphatic heterocycles. The van der Waals surface area contributed by atoms with Crippen LogP contribution in [0.15, 0.2) is 12.1 Å². The van der Waals surface area contributed by atoms with Gasteiger partial charge in [0.1, 0.15) is 0 Å². The highest BCUT2D eigenvalue weighted by atomic mass is 32.1. The lowest BCUT2D eigenvalue weighted by molar-refractivity contribution is 0.141. The fourth-order valence-electron chi connectivity index (χ4n) is 2.84. The maximum atomic E-state index is 9.25. The normalized spacial score (nSPS) is 18.3. The van der Waals surface area contributed by atoms with E-state index >= 15 is 0 Å². The SMILES string of the molecule is Cc1ccc(CN(CCO)CC(C)N2CCCC2)s1. The van der Waals surface area contributed by atoms with Crippen LogP contribution in [0.3, 0.4) is 0 Å². The standard InChI is InChI=1S/C15H26N2OS/c1-13(17-7-3-4-8-17)11-16(9-10-18)12-15-6-5-14(2)19-15/h5-6,13,18H,3-4,7-12H2,1-2H3. The Balaban J connectivity index is 1.87. The fourth-order valence-corrected chi connectivity index (χ4v) is 3.77. The molecule has 2 heterocycles. The van der Waals surface area contributed by atoms with Crippen molar-refractivity contribution in [3.8, 4) is 0 Å². The first-order chi connectivity index (χ1) is 9.19. The quantitative estimate of drug-likeness (QED) is 0.831. The van der Waals surface area contributed by atoms with Gasteiger partial charge in [-0.15, -0.1) is 11.3 Å². The molecule has 0 spiro atoms. The van der Waals surface area contributed by atoms with E-state index in [1.54, 1.807) is 0 Å². The molecule has 3 nitrogen and oxygen atoms in total. The summed E-state index contributed by atoms with van der Waals surface area (Å²) in [5.74, 6) is 0. The zero-order valence-electron chi connectivity index (χ0n) is 12.1. The van der Waals surface area contributed by atoms with Gasteiger partial charge in [-0.3, -0.25) is 9.80 Å². The first-order valence-electron chi connectivity index (χ1n) is 7.31. The Hall–Kier alpha value is -0.420. The monoisotopic (exact) mass is 282 g/mol. The minimum Gasteiger partial charge on any atom is -0.395 e. The predicted molar refractivity (Wildman–Crippen MR) is 81.7 cm³/mol. The van der Waals surface area contributed by atoms with E-state index in [0.29, 0.717) is 6.04 Å². The Kier molecular flexibility index (Phi) is 5.82. The van der Waals surface area contributed by atoms with Gasteiger partial charge in [0, 0.05) is 35.4 Å². The van der Waals surface area contributed by atoms with Crippen LogP contribution in [0.5, 0.6) is 0 Å². The molecule has 0 aromatic carbocycles. The number of aliphatic hydroxyl groups excluding tert-OH is 1. The Morgan fingerprint density at radius 3 is 2.68 bits per heavy atom. The molecule has 2 rings (SSSR count). The zero-order valence-corrected chi connectivity index (χ0v) is 13.0. The Morgan fingerprint density at radius 1 is 1.37 bits per heavy atom. The van der Waals surface area contributed by atoms with Crippen molar-refractivity contribution >= 4 is 11.3 Å². The number of hydrogen-bond acceptors (Lipinski definition) is 4. The van der Waals surface area contributed by atoms with E-state index in [0.717, 1.165) is 19.6 Å². The van der Waals surface area contributed by atoms with E-state index in [1.165, 1.54) is 35.7 Å². The third kappa shape index (κ3) is 4.56. The van der Waals surface area contributed by atoms with E-state index in [1.807, 2.05) is 11.3 Å². The second-order valence-corrected chi connectivity index (χ2v) is 6.94. The number of hydrogen-bond donors (Lipinski definition) is 1. The lowest BCUT2D eigenvalue weighted by Crippen LogP contribution is -2.41. The van der Waals surface area contributed by atoms with Crippen LogP contribution in [0.4, 0.5) is 0 Å². The van der Waals surface area contributed by atoms with Crippen LogP contribution < -0.4 is 0 Å². The summed E-state index contributed by atoms with van der Waals surface area (Å²) >= 11 is 1.86. The number of nitrogens with zero attached hydrogens (tertiary/aromatic N) is 2. The van der Waals surface area contributed by atoms with Crippen LogP contribution in [0.2, 0.25) is 0 Å². The van der Waals surface area contributed by atoms with Gasteiger partial charge in [-0.25, -0.2) is 0 Å². The van der Waals surface area contributed by atoms with Crippen molar-refractivity contribution in [2.75, 3.05) is 32.8 Å². The summed E-state index contributed by atoms with van der Waals surface area (Å²) in [4.78, 5) is 7.73. The van der Waals surface area contributed by atoms with Gasteiger partial charge in [-0.2, -0.15) is 0 Å². The third-order valence-electron chi connectivity index (χ3n) is 3.88. The van der Waals surface area contributed by atoms with Gasteiger partial charge < -0.3 is 5.11 Å². The van der Waals surface area contributed by atoms with Crippen molar-refractivity contribution in [3.63, 3.8) is 0 Å². The lowest BCUT2D eigenvalue weighted by Gasteiger charge is -2.30. The van der Waals surface area contributed by atoms with Crippen LogP contribution in [-0.2, 0) is 6.54 Å². The number of aryl methyl sites for hydroxylation is 1. The van der Waals surface area contributed by atoms with Crippen molar-refractivity contribution in [1.29, 1.82) is 0 Å².